The van der Waals surface area contributed by atoms with Gasteiger partial charge in [0.25, 0.3) is 0 Å². The van der Waals surface area contributed by atoms with Crippen LogP contribution in [0.3, 0.4) is 0 Å². The van der Waals surface area contributed by atoms with E-state index in [1.807, 2.05) is 34.1 Å². The summed E-state index contributed by atoms with van der Waals surface area (Å²) >= 11 is 0. The summed E-state index contributed by atoms with van der Waals surface area (Å²) in [6.45, 7) is 3.99. The standard InChI is InChI=1S/C28H30F2N4O2/c1-17-2-6-23-25(34(17)28(35)18-3-4-18)8-7-22(27(23)36-26-9-5-20(29)14-24(26)30)19-15-32-33(16-19)21-10-12-31-13-11-21/h5,7-9,14-18,21,31H,2-4,6,10-13H2,1H3/t17-/m0/s1. The Hall–Kier alpha value is -3.26. The van der Waals surface area contributed by atoms with Crippen molar-refractivity contribution in [2.75, 3.05) is 18.0 Å². The SMILES string of the molecule is C[C@H]1CCc2c(ccc(-c3cnn(C4CCNCC4)c3)c2Oc2ccc(F)cc2F)N1C(=O)C1CC1. The highest BCUT2D eigenvalue weighted by atomic mass is 19.1. The van der Waals surface area contributed by atoms with Gasteiger partial charge in [-0.05, 0) is 82.8 Å². The molecule has 1 saturated heterocycles. The lowest BCUT2D eigenvalue weighted by molar-refractivity contribution is -0.120. The maximum absolute atomic E-state index is 14.7. The Labute approximate surface area is 209 Å². The average molecular weight is 493 g/mol. The molecule has 6 nitrogen and oxygen atoms in total. The number of ether oxygens (including phenoxy) is 1. The molecule has 6 rings (SSSR count). The van der Waals surface area contributed by atoms with E-state index in [0.29, 0.717) is 18.2 Å². The Kier molecular flexibility index (Phi) is 5.99. The lowest BCUT2D eigenvalue weighted by Crippen LogP contribution is -2.43. The summed E-state index contributed by atoms with van der Waals surface area (Å²) in [7, 11) is 0. The molecule has 3 aromatic rings. The molecule has 0 radical (unpaired) electrons. The number of benzene rings is 2. The molecule has 2 aromatic carbocycles. The average Bonchev–Trinajstić information content (AvgIpc) is 3.62. The number of fused-ring (bicyclic) bond motifs is 1. The van der Waals surface area contributed by atoms with Crippen LogP contribution in [0.1, 0.15) is 50.6 Å². The number of aromatic nitrogens is 2. The van der Waals surface area contributed by atoms with Gasteiger partial charge in [-0.25, -0.2) is 8.78 Å². The van der Waals surface area contributed by atoms with Crippen molar-refractivity contribution in [1.29, 1.82) is 0 Å². The minimum Gasteiger partial charge on any atom is -0.453 e. The van der Waals surface area contributed by atoms with Crippen LogP contribution in [0.25, 0.3) is 11.1 Å². The quantitative estimate of drug-likeness (QED) is 0.502. The van der Waals surface area contributed by atoms with Crippen LogP contribution in [0.4, 0.5) is 14.5 Å². The maximum atomic E-state index is 14.7. The van der Waals surface area contributed by atoms with Gasteiger partial charge in [-0.3, -0.25) is 9.48 Å². The smallest absolute Gasteiger partial charge is 0.230 e. The van der Waals surface area contributed by atoms with Gasteiger partial charge in [-0.15, -0.1) is 0 Å². The van der Waals surface area contributed by atoms with Crippen molar-refractivity contribution in [3.63, 3.8) is 0 Å². The number of hydrogen-bond donors (Lipinski definition) is 1. The van der Waals surface area contributed by atoms with Crippen LogP contribution >= 0.6 is 0 Å². The molecule has 1 amide bonds. The number of carbonyl (C=O) groups excluding carboxylic acids is 1. The van der Waals surface area contributed by atoms with Crippen molar-refractivity contribution in [1.82, 2.24) is 15.1 Å². The van der Waals surface area contributed by atoms with Gasteiger partial charge in [-0.2, -0.15) is 5.10 Å². The molecule has 2 fully saturated rings. The van der Waals surface area contributed by atoms with Crippen LogP contribution in [-0.2, 0) is 11.2 Å². The van der Waals surface area contributed by atoms with Crippen molar-refractivity contribution in [3.05, 3.63) is 59.9 Å². The van der Waals surface area contributed by atoms with Gasteiger partial charge >= 0.3 is 0 Å². The number of hydrogen-bond acceptors (Lipinski definition) is 4. The third kappa shape index (κ3) is 4.28. The summed E-state index contributed by atoms with van der Waals surface area (Å²) in [4.78, 5) is 15.1. The zero-order valence-electron chi connectivity index (χ0n) is 20.3. The number of nitrogens with one attached hydrogen (secondary N) is 1. The van der Waals surface area contributed by atoms with Gasteiger partial charge in [0, 0.05) is 40.9 Å². The summed E-state index contributed by atoms with van der Waals surface area (Å²) in [6.07, 6.45) is 9.17. The fourth-order valence-corrected chi connectivity index (χ4v) is 5.43. The van der Waals surface area contributed by atoms with Crippen LogP contribution < -0.4 is 15.0 Å². The predicted molar refractivity (Wildman–Crippen MR) is 133 cm³/mol. The molecule has 1 aromatic heterocycles. The first-order valence-corrected chi connectivity index (χ1v) is 12.9. The van der Waals surface area contributed by atoms with E-state index >= 15 is 0 Å². The molecule has 36 heavy (non-hydrogen) atoms. The molecule has 0 bridgehead atoms. The van der Waals surface area contributed by atoms with Crippen LogP contribution in [0.15, 0.2) is 42.7 Å². The lowest BCUT2D eigenvalue weighted by atomic mass is 9.92. The number of piperidine rings is 1. The molecule has 1 aliphatic carbocycles. The van der Waals surface area contributed by atoms with Gasteiger partial charge in [0.05, 0.1) is 17.9 Å². The zero-order chi connectivity index (χ0) is 24.8. The molecule has 8 heteroatoms. The molecule has 3 heterocycles. The van der Waals surface area contributed by atoms with E-state index in [1.165, 1.54) is 12.1 Å². The largest absolute Gasteiger partial charge is 0.453 e. The Morgan fingerprint density at radius 3 is 2.64 bits per heavy atom. The van der Waals surface area contributed by atoms with Crippen LogP contribution in [0.2, 0.25) is 0 Å². The molecule has 1 atom stereocenters. The summed E-state index contributed by atoms with van der Waals surface area (Å²) < 4.78 is 36.5. The summed E-state index contributed by atoms with van der Waals surface area (Å²) in [5.41, 5.74) is 3.34. The highest BCUT2D eigenvalue weighted by Crippen LogP contribution is 2.46. The third-order valence-corrected chi connectivity index (χ3v) is 7.61. The molecule has 0 unspecified atom stereocenters. The van der Waals surface area contributed by atoms with E-state index in [-0.39, 0.29) is 23.6 Å². The van der Waals surface area contributed by atoms with Crippen LogP contribution in [-0.4, -0.2) is 34.8 Å². The molecule has 0 spiro atoms. The van der Waals surface area contributed by atoms with E-state index in [2.05, 4.69) is 17.3 Å². The summed E-state index contributed by atoms with van der Waals surface area (Å²) in [5, 5.41) is 8.01. The summed E-state index contributed by atoms with van der Waals surface area (Å²) in [5.74, 6) is -0.736. The second kappa shape index (κ2) is 9.32. The second-order valence-electron chi connectivity index (χ2n) is 10.2. The number of rotatable bonds is 5. The molecule has 2 aliphatic heterocycles. The zero-order valence-corrected chi connectivity index (χ0v) is 20.3. The Morgan fingerprint density at radius 1 is 1.08 bits per heavy atom. The lowest BCUT2D eigenvalue weighted by Gasteiger charge is -2.36. The van der Waals surface area contributed by atoms with Crippen molar-refractivity contribution in [3.8, 4) is 22.6 Å². The molecular formula is C28H30F2N4O2. The first-order valence-electron chi connectivity index (χ1n) is 12.9. The maximum Gasteiger partial charge on any atom is 0.230 e. The van der Waals surface area contributed by atoms with Crippen molar-refractivity contribution in [2.45, 2.75) is 57.5 Å². The van der Waals surface area contributed by atoms with Gasteiger partial charge in [0.2, 0.25) is 5.91 Å². The van der Waals surface area contributed by atoms with Crippen molar-refractivity contribution in [2.24, 2.45) is 5.92 Å². The normalized spacial score (nSPS) is 20.3. The molecule has 3 aliphatic rings. The van der Waals surface area contributed by atoms with Gasteiger partial charge in [-0.1, -0.05) is 0 Å². The van der Waals surface area contributed by atoms with Gasteiger partial charge < -0.3 is 15.0 Å². The van der Waals surface area contributed by atoms with Crippen LogP contribution in [0.5, 0.6) is 11.5 Å². The van der Waals surface area contributed by atoms with Crippen molar-refractivity contribution < 1.29 is 18.3 Å². The Balaban J connectivity index is 1.45. The highest BCUT2D eigenvalue weighted by Gasteiger charge is 2.39. The number of carbonyl (C=O) groups is 1. The van der Waals surface area contributed by atoms with Gasteiger partial charge in [0.15, 0.2) is 11.6 Å². The number of anilines is 1. The predicted octanol–water partition coefficient (Wildman–Crippen LogP) is 5.62. The van der Waals surface area contributed by atoms with E-state index in [0.717, 1.165) is 73.6 Å². The Bertz CT molecular complexity index is 1300. The topological polar surface area (TPSA) is 59.4 Å². The molecular weight excluding hydrogens is 462 g/mol. The minimum atomic E-state index is -0.765. The van der Waals surface area contributed by atoms with E-state index in [4.69, 9.17) is 4.74 Å². The number of nitrogens with zero attached hydrogens (tertiary/aromatic N) is 3. The summed E-state index contributed by atoms with van der Waals surface area (Å²) in [6, 6.07) is 7.64. The highest BCUT2D eigenvalue weighted by molar-refractivity contribution is 5.99. The number of amides is 1. The van der Waals surface area contributed by atoms with E-state index < -0.39 is 11.6 Å². The van der Waals surface area contributed by atoms with Crippen LogP contribution in [0, 0.1) is 17.6 Å². The monoisotopic (exact) mass is 492 g/mol. The number of halogens is 2. The first kappa shape index (κ1) is 23.2. The van der Waals surface area contributed by atoms with Gasteiger partial charge in [0.1, 0.15) is 11.6 Å². The second-order valence-corrected chi connectivity index (χ2v) is 10.2. The minimum absolute atomic E-state index is 0.0458. The van der Waals surface area contributed by atoms with Crippen molar-refractivity contribution >= 4 is 11.6 Å². The third-order valence-electron chi connectivity index (χ3n) is 7.61. The fourth-order valence-electron chi connectivity index (χ4n) is 5.43. The molecule has 188 valence electrons. The first-order chi connectivity index (χ1) is 17.5. The Morgan fingerprint density at radius 2 is 1.89 bits per heavy atom. The fraction of sp³-hybridized carbons (Fsp3) is 0.429. The molecule has 1 saturated carbocycles. The van der Waals surface area contributed by atoms with E-state index in [1.54, 1.807) is 0 Å². The van der Waals surface area contributed by atoms with E-state index in [9.17, 15) is 13.6 Å². The molecule has 1 N–H and O–H groups in total.